The van der Waals surface area contributed by atoms with Gasteiger partial charge in [0.1, 0.15) is 0 Å². The summed E-state index contributed by atoms with van der Waals surface area (Å²) < 4.78 is 6.85. The quantitative estimate of drug-likeness (QED) is 0.768. The van der Waals surface area contributed by atoms with Crippen LogP contribution in [0.1, 0.15) is 18.4 Å². The maximum absolute atomic E-state index is 5.74. The molecular weight excluding hydrogens is 308 g/mol. The van der Waals surface area contributed by atoms with Crippen LogP contribution in [-0.2, 0) is 11.3 Å². The first-order chi connectivity index (χ1) is 6.74. The third-order valence-corrected chi connectivity index (χ3v) is 3.65. The van der Waals surface area contributed by atoms with Crippen molar-refractivity contribution in [1.29, 1.82) is 0 Å². The van der Waals surface area contributed by atoms with Gasteiger partial charge in [0.2, 0.25) is 0 Å². The minimum Gasteiger partial charge on any atom is -0.373 e. The predicted octanol–water partition coefficient (Wildman–Crippen LogP) is 3.89. The summed E-state index contributed by atoms with van der Waals surface area (Å²) in [7, 11) is 0. The lowest BCUT2D eigenvalue weighted by Gasteiger charge is -2.31. The summed E-state index contributed by atoms with van der Waals surface area (Å²) in [6.45, 7) is 0.726. The van der Waals surface area contributed by atoms with E-state index in [0.29, 0.717) is 10.9 Å². The van der Waals surface area contributed by atoms with Crippen molar-refractivity contribution >= 4 is 31.9 Å². The van der Waals surface area contributed by atoms with Crippen molar-refractivity contribution in [3.05, 3.63) is 34.3 Å². The van der Waals surface area contributed by atoms with E-state index in [-0.39, 0.29) is 0 Å². The zero-order valence-electron chi connectivity index (χ0n) is 7.75. The molecule has 0 amide bonds. The van der Waals surface area contributed by atoms with Crippen molar-refractivity contribution in [2.45, 2.75) is 30.4 Å². The molecule has 2 rings (SSSR count). The summed E-state index contributed by atoms with van der Waals surface area (Å²) in [4.78, 5) is 0.676. The van der Waals surface area contributed by atoms with Crippen molar-refractivity contribution in [2.75, 3.05) is 0 Å². The molecule has 0 atom stereocenters. The van der Waals surface area contributed by atoms with Gasteiger partial charge in [0.05, 0.1) is 12.7 Å². The van der Waals surface area contributed by atoms with Gasteiger partial charge >= 0.3 is 0 Å². The zero-order chi connectivity index (χ0) is 9.97. The van der Waals surface area contributed by atoms with Crippen LogP contribution in [-0.4, -0.2) is 10.9 Å². The first-order valence-electron chi connectivity index (χ1n) is 4.74. The highest BCUT2D eigenvalue weighted by atomic mass is 79.9. The second kappa shape index (κ2) is 4.77. The standard InChI is InChI=1S/C11H12Br2O/c12-9-3-1-2-8(4-9)7-14-11-5-10(13)6-11/h1-4,10-11H,5-7H2. The average molecular weight is 320 g/mol. The van der Waals surface area contributed by atoms with Crippen LogP contribution < -0.4 is 0 Å². The van der Waals surface area contributed by atoms with Crippen molar-refractivity contribution in [1.82, 2.24) is 0 Å². The van der Waals surface area contributed by atoms with Gasteiger partial charge in [-0.2, -0.15) is 0 Å². The van der Waals surface area contributed by atoms with Gasteiger partial charge in [-0.15, -0.1) is 0 Å². The topological polar surface area (TPSA) is 9.23 Å². The Kier molecular flexibility index (Phi) is 3.63. The molecule has 0 N–H and O–H groups in total. The van der Waals surface area contributed by atoms with Crippen LogP contribution in [0.15, 0.2) is 28.7 Å². The van der Waals surface area contributed by atoms with E-state index < -0.39 is 0 Å². The van der Waals surface area contributed by atoms with Crippen molar-refractivity contribution in [3.8, 4) is 0 Å². The second-order valence-corrected chi connectivity index (χ2v) is 5.84. The summed E-state index contributed by atoms with van der Waals surface area (Å²) in [6.07, 6.45) is 2.75. The summed E-state index contributed by atoms with van der Waals surface area (Å²) in [6, 6.07) is 8.26. The second-order valence-electron chi connectivity index (χ2n) is 3.63. The van der Waals surface area contributed by atoms with Gasteiger partial charge in [-0.1, -0.05) is 44.0 Å². The largest absolute Gasteiger partial charge is 0.373 e. The van der Waals surface area contributed by atoms with Crippen LogP contribution in [0.3, 0.4) is 0 Å². The van der Waals surface area contributed by atoms with Crippen molar-refractivity contribution in [2.24, 2.45) is 0 Å². The van der Waals surface area contributed by atoms with Crippen LogP contribution in [0.4, 0.5) is 0 Å². The van der Waals surface area contributed by atoms with Gasteiger partial charge in [0.15, 0.2) is 0 Å². The molecule has 1 aromatic carbocycles. The van der Waals surface area contributed by atoms with E-state index in [1.165, 1.54) is 5.56 Å². The van der Waals surface area contributed by atoms with Crippen LogP contribution in [0.25, 0.3) is 0 Å². The number of alkyl halides is 1. The average Bonchev–Trinajstić information content (AvgIpc) is 2.11. The molecule has 0 heterocycles. The van der Waals surface area contributed by atoms with Crippen LogP contribution >= 0.6 is 31.9 Å². The number of hydrogen-bond donors (Lipinski definition) is 0. The van der Waals surface area contributed by atoms with E-state index in [1.54, 1.807) is 0 Å². The molecule has 1 aromatic rings. The molecule has 0 aliphatic heterocycles. The fraction of sp³-hybridized carbons (Fsp3) is 0.455. The fourth-order valence-corrected chi connectivity index (χ4v) is 2.76. The summed E-state index contributed by atoms with van der Waals surface area (Å²) in [5.74, 6) is 0. The molecule has 0 bridgehead atoms. The molecule has 1 saturated carbocycles. The molecule has 76 valence electrons. The third kappa shape index (κ3) is 2.81. The Morgan fingerprint density at radius 2 is 2.14 bits per heavy atom. The Labute approximate surface area is 101 Å². The molecular formula is C11H12Br2O. The Morgan fingerprint density at radius 1 is 1.36 bits per heavy atom. The lowest BCUT2D eigenvalue weighted by molar-refractivity contribution is -0.00393. The van der Waals surface area contributed by atoms with E-state index in [0.717, 1.165) is 23.9 Å². The highest BCUT2D eigenvalue weighted by Gasteiger charge is 2.27. The molecule has 14 heavy (non-hydrogen) atoms. The van der Waals surface area contributed by atoms with Gasteiger partial charge in [-0.25, -0.2) is 0 Å². The van der Waals surface area contributed by atoms with Gasteiger partial charge < -0.3 is 4.74 Å². The molecule has 1 fully saturated rings. The molecule has 0 spiro atoms. The Morgan fingerprint density at radius 3 is 2.79 bits per heavy atom. The number of rotatable bonds is 3. The van der Waals surface area contributed by atoms with E-state index in [4.69, 9.17) is 4.74 Å². The Bertz CT molecular complexity index is 308. The smallest absolute Gasteiger partial charge is 0.0721 e. The fourth-order valence-electron chi connectivity index (χ4n) is 1.48. The molecule has 0 aromatic heterocycles. The Hall–Kier alpha value is 0.140. The number of hydrogen-bond acceptors (Lipinski definition) is 1. The van der Waals surface area contributed by atoms with Crippen molar-refractivity contribution in [3.63, 3.8) is 0 Å². The lowest BCUT2D eigenvalue weighted by atomic mass is 9.96. The molecule has 1 aliphatic carbocycles. The van der Waals surface area contributed by atoms with Crippen molar-refractivity contribution < 1.29 is 4.74 Å². The summed E-state index contributed by atoms with van der Waals surface area (Å²) >= 11 is 7.00. The van der Waals surface area contributed by atoms with E-state index in [9.17, 15) is 0 Å². The van der Waals surface area contributed by atoms with Gasteiger partial charge in [0.25, 0.3) is 0 Å². The monoisotopic (exact) mass is 318 g/mol. The van der Waals surface area contributed by atoms with Crippen LogP contribution in [0.2, 0.25) is 0 Å². The highest BCUT2D eigenvalue weighted by Crippen LogP contribution is 2.30. The summed E-state index contributed by atoms with van der Waals surface area (Å²) in [5, 5.41) is 0. The SMILES string of the molecule is Brc1cccc(COC2CC(Br)C2)c1. The minimum atomic E-state index is 0.457. The van der Waals surface area contributed by atoms with Gasteiger partial charge in [-0.3, -0.25) is 0 Å². The first-order valence-corrected chi connectivity index (χ1v) is 6.45. The maximum atomic E-state index is 5.74. The molecule has 0 unspecified atom stereocenters. The Balaban J connectivity index is 1.80. The van der Waals surface area contributed by atoms with E-state index in [1.807, 2.05) is 12.1 Å². The third-order valence-electron chi connectivity index (χ3n) is 2.41. The van der Waals surface area contributed by atoms with Crippen LogP contribution in [0, 0.1) is 0 Å². The normalized spacial score (nSPS) is 25.9. The lowest BCUT2D eigenvalue weighted by Crippen LogP contribution is -2.31. The molecule has 0 saturated heterocycles. The van der Waals surface area contributed by atoms with Crippen LogP contribution in [0.5, 0.6) is 0 Å². The van der Waals surface area contributed by atoms with Gasteiger partial charge in [-0.05, 0) is 30.5 Å². The summed E-state index contributed by atoms with van der Waals surface area (Å²) in [5.41, 5.74) is 1.23. The molecule has 0 radical (unpaired) electrons. The number of benzene rings is 1. The van der Waals surface area contributed by atoms with E-state index in [2.05, 4.69) is 44.0 Å². The van der Waals surface area contributed by atoms with Gasteiger partial charge in [0, 0.05) is 9.30 Å². The minimum absolute atomic E-state index is 0.457. The molecule has 1 aliphatic rings. The highest BCUT2D eigenvalue weighted by molar-refractivity contribution is 9.10. The van der Waals surface area contributed by atoms with E-state index >= 15 is 0 Å². The zero-order valence-corrected chi connectivity index (χ0v) is 10.9. The number of halogens is 2. The molecule has 3 heteroatoms. The predicted molar refractivity (Wildman–Crippen MR) is 64.7 cm³/mol. The number of ether oxygens (including phenoxy) is 1. The maximum Gasteiger partial charge on any atom is 0.0721 e. The molecule has 1 nitrogen and oxygen atoms in total. The first kappa shape index (κ1) is 10.7.